The molecule has 2 atom stereocenters. The maximum Gasteiger partial charge on any atom is 0.243 e. The number of hydrogen-bond acceptors (Lipinski definition) is 3. The van der Waals surface area contributed by atoms with Crippen molar-refractivity contribution in [1.82, 2.24) is 4.31 Å². The summed E-state index contributed by atoms with van der Waals surface area (Å²) >= 11 is 3.28. The molecule has 106 valence electrons. The zero-order valence-electron chi connectivity index (χ0n) is 11.1. The molecule has 1 saturated heterocycles. The molecule has 19 heavy (non-hydrogen) atoms. The van der Waals surface area contributed by atoms with Crippen LogP contribution in [0.4, 0.5) is 5.69 Å². The maximum atomic E-state index is 12.6. The zero-order chi connectivity index (χ0) is 14.2. The highest BCUT2D eigenvalue weighted by Crippen LogP contribution is 2.30. The van der Waals surface area contributed by atoms with Crippen molar-refractivity contribution in [3.05, 3.63) is 22.7 Å². The Morgan fingerprint density at radius 1 is 1.37 bits per heavy atom. The van der Waals surface area contributed by atoms with Gasteiger partial charge in [0.05, 0.1) is 4.90 Å². The molecule has 1 aliphatic heterocycles. The third kappa shape index (κ3) is 2.95. The van der Waals surface area contributed by atoms with E-state index in [-0.39, 0.29) is 6.04 Å². The van der Waals surface area contributed by atoms with E-state index in [0.717, 1.165) is 12.8 Å². The fourth-order valence-electron chi connectivity index (χ4n) is 2.55. The van der Waals surface area contributed by atoms with E-state index in [2.05, 4.69) is 22.9 Å². The molecular formula is C13H19BrN2O2S. The fraction of sp³-hybridized carbons (Fsp3) is 0.538. The van der Waals surface area contributed by atoms with Gasteiger partial charge < -0.3 is 5.73 Å². The van der Waals surface area contributed by atoms with E-state index in [9.17, 15) is 8.42 Å². The Labute approximate surface area is 123 Å². The quantitative estimate of drug-likeness (QED) is 0.837. The van der Waals surface area contributed by atoms with E-state index in [1.54, 1.807) is 22.5 Å². The molecule has 0 saturated carbocycles. The van der Waals surface area contributed by atoms with Crippen LogP contribution < -0.4 is 5.73 Å². The Morgan fingerprint density at radius 2 is 2.05 bits per heavy atom. The van der Waals surface area contributed by atoms with Gasteiger partial charge in [-0.1, -0.05) is 6.92 Å². The predicted molar refractivity (Wildman–Crippen MR) is 80.3 cm³/mol. The molecule has 2 rings (SSSR count). The second-order valence-corrected chi connectivity index (χ2v) is 8.02. The van der Waals surface area contributed by atoms with Crippen molar-refractivity contribution in [3.8, 4) is 0 Å². The van der Waals surface area contributed by atoms with Gasteiger partial charge in [-0.25, -0.2) is 8.42 Å². The highest BCUT2D eigenvalue weighted by molar-refractivity contribution is 9.10. The number of piperidine rings is 1. The Kier molecular flexibility index (Phi) is 4.23. The molecule has 0 spiro atoms. The minimum absolute atomic E-state index is 0.0464. The molecule has 0 bridgehead atoms. The standard InChI is InChI=1S/C13H19BrN2O2S/c1-9-5-6-16(10(2)7-9)19(17,18)11-3-4-13(15)12(14)8-11/h3-4,8-10H,5-7,15H2,1-2H3. The van der Waals surface area contributed by atoms with E-state index in [0.29, 0.717) is 27.5 Å². The molecule has 0 aromatic heterocycles. The van der Waals surface area contributed by atoms with E-state index in [1.807, 2.05) is 6.92 Å². The number of halogens is 1. The minimum Gasteiger partial charge on any atom is -0.398 e. The predicted octanol–water partition coefficient (Wildman–Crippen LogP) is 2.84. The van der Waals surface area contributed by atoms with Gasteiger partial charge in [0, 0.05) is 22.7 Å². The maximum absolute atomic E-state index is 12.6. The summed E-state index contributed by atoms with van der Waals surface area (Å²) in [4.78, 5) is 0.301. The van der Waals surface area contributed by atoms with Gasteiger partial charge in [-0.2, -0.15) is 4.31 Å². The van der Waals surface area contributed by atoms with Gasteiger partial charge in [-0.05, 0) is 59.8 Å². The second kappa shape index (κ2) is 5.42. The molecule has 1 aromatic rings. The molecular weight excluding hydrogens is 328 g/mol. The molecule has 2 N–H and O–H groups in total. The van der Waals surface area contributed by atoms with E-state index in [1.165, 1.54) is 0 Å². The number of rotatable bonds is 2. The normalized spacial score (nSPS) is 25.4. The summed E-state index contributed by atoms with van der Waals surface area (Å²) < 4.78 is 27.5. The van der Waals surface area contributed by atoms with Gasteiger partial charge in [0.15, 0.2) is 0 Å². The number of benzene rings is 1. The Hall–Kier alpha value is -0.590. The largest absolute Gasteiger partial charge is 0.398 e. The van der Waals surface area contributed by atoms with E-state index < -0.39 is 10.0 Å². The molecule has 2 unspecified atom stereocenters. The average molecular weight is 347 g/mol. The molecule has 0 radical (unpaired) electrons. The lowest BCUT2D eigenvalue weighted by molar-refractivity contribution is 0.220. The summed E-state index contributed by atoms with van der Waals surface area (Å²) in [6.07, 6.45) is 1.83. The van der Waals surface area contributed by atoms with Crippen molar-refractivity contribution >= 4 is 31.6 Å². The van der Waals surface area contributed by atoms with Crippen LogP contribution in [-0.2, 0) is 10.0 Å². The SMILES string of the molecule is CC1CCN(S(=O)(=O)c2ccc(N)c(Br)c2)C(C)C1. The van der Waals surface area contributed by atoms with Gasteiger partial charge >= 0.3 is 0 Å². The van der Waals surface area contributed by atoms with Crippen molar-refractivity contribution in [3.63, 3.8) is 0 Å². The highest BCUT2D eigenvalue weighted by atomic mass is 79.9. The van der Waals surface area contributed by atoms with Crippen molar-refractivity contribution in [2.45, 2.75) is 37.6 Å². The molecule has 1 heterocycles. The van der Waals surface area contributed by atoms with Crippen LogP contribution in [0.15, 0.2) is 27.6 Å². The molecule has 4 nitrogen and oxygen atoms in total. The van der Waals surface area contributed by atoms with Gasteiger partial charge in [0.1, 0.15) is 0 Å². The van der Waals surface area contributed by atoms with Crippen molar-refractivity contribution in [2.75, 3.05) is 12.3 Å². The van der Waals surface area contributed by atoms with Gasteiger partial charge in [0.2, 0.25) is 10.0 Å². The lowest BCUT2D eigenvalue weighted by Crippen LogP contribution is -2.44. The van der Waals surface area contributed by atoms with Gasteiger partial charge in [-0.15, -0.1) is 0 Å². The van der Waals surface area contributed by atoms with Crippen LogP contribution in [0.25, 0.3) is 0 Å². The van der Waals surface area contributed by atoms with Crippen LogP contribution in [0.1, 0.15) is 26.7 Å². The summed E-state index contributed by atoms with van der Waals surface area (Å²) in [6.45, 7) is 4.73. The first kappa shape index (κ1) is 14.8. The van der Waals surface area contributed by atoms with Crippen molar-refractivity contribution in [2.24, 2.45) is 5.92 Å². The lowest BCUT2D eigenvalue weighted by atomic mass is 9.95. The first-order chi connectivity index (χ1) is 8.82. The minimum atomic E-state index is -3.43. The third-order valence-electron chi connectivity index (χ3n) is 3.66. The first-order valence-electron chi connectivity index (χ1n) is 6.39. The highest BCUT2D eigenvalue weighted by Gasteiger charge is 2.33. The molecule has 0 amide bonds. The number of nitrogen functional groups attached to an aromatic ring is 1. The zero-order valence-corrected chi connectivity index (χ0v) is 13.5. The van der Waals surface area contributed by atoms with E-state index in [4.69, 9.17) is 5.73 Å². The second-order valence-electron chi connectivity index (χ2n) is 5.28. The monoisotopic (exact) mass is 346 g/mol. The van der Waals surface area contributed by atoms with Crippen LogP contribution in [0.3, 0.4) is 0 Å². The molecule has 1 aliphatic rings. The Morgan fingerprint density at radius 3 is 2.63 bits per heavy atom. The molecule has 6 heteroatoms. The lowest BCUT2D eigenvalue weighted by Gasteiger charge is -2.35. The summed E-state index contributed by atoms with van der Waals surface area (Å²) in [5, 5.41) is 0. The van der Waals surface area contributed by atoms with Gasteiger partial charge in [-0.3, -0.25) is 0 Å². The average Bonchev–Trinajstić information content (AvgIpc) is 2.32. The Bertz CT molecular complexity index is 574. The number of nitrogens with zero attached hydrogens (tertiary/aromatic N) is 1. The van der Waals surface area contributed by atoms with Crippen LogP contribution >= 0.6 is 15.9 Å². The van der Waals surface area contributed by atoms with E-state index >= 15 is 0 Å². The summed E-state index contributed by atoms with van der Waals surface area (Å²) in [7, 11) is -3.43. The topological polar surface area (TPSA) is 63.4 Å². The number of sulfonamides is 1. The Balaban J connectivity index is 2.34. The van der Waals surface area contributed by atoms with Crippen molar-refractivity contribution in [1.29, 1.82) is 0 Å². The summed E-state index contributed by atoms with van der Waals surface area (Å²) in [5.74, 6) is 0.583. The first-order valence-corrected chi connectivity index (χ1v) is 8.62. The van der Waals surface area contributed by atoms with Crippen LogP contribution in [-0.4, -0.2) is 25.3 Å². The molecule has 1 aromatic carbocycles. The summed E-state index contributed by atoms with van der Waals surface area (Å²) in [6, 6.07) is 4.81. The molecule has 1 fully saturated rings. The third-order valence-corrected chi connectivity index (χ3v) is 6.35. The van der Waals surface area contributed by atoms with Crippen LogP contribution in [0.2, 0.25) is 0 Å². The fourth-order valence-corrected chi connectivity index (χ4v) is 4.76. The van der Waals surface area contributed by atoms with Gasteiger partial charge in [0.25, 0.3) is 0 Å². The summed E-state index contributed by atoms with van der Waals surface area (Å²) in [5.41, 5.74) is 6.24. The van der Waals surface area contributed by atoms with Crippen LogP contribution in [0.5, 0.6) is 0 Å². The molecule has 0 aliphatic carbocycles. The number of anilines is 1. The number of nitrogens with two attached hydrogens (primary N) is 1. The number of hydrogen-bond donors (Lipinski definition) is 1. The van der Waals surface area contributed by atoms with Crippen LogP contribution in [0, 0.1) is 5.92 Å². The van der Waals surface area contributed by atoms with Crippen molar-refractivity contribution < 1.29 is 8.42 Å². The smallest absolute Gasteiger partial charge is 0.243 e.